The Labute approximate surface area is 219 Å². The number of piperidine rings is 1. The average Bonchev–Trinajstić information content (AvgIpc) is 2.93. The van der Waals surface area contributed by atoms with Gasteiger partial charge in [-0.1, -0.05) is 18.2 Å². The van der Waals surface area contributed by atoms with Crippen molar-refractivity contribution in [1.82, 2.24) is 9.88 Å². The smallest absolute Gasteiger partial charge is 0.264 e. The number of sulfonamides is 1. The van der Waals surface area contributed by atoms with Crippen LogP contribution in [0.5, 0.6) is 0 Å². The molecule has 0 unspecified atom stereocenters. The molecule has 0 saturated carbocycles. The topological polar surface area (TPSA) is 123 Å². The second kappa shape index (κ2) is 9.85. The predicted octanol–water partition coefficient (Wildman–Crippen LogP) is 4.17. The van der Waals surface area contributed by atoms with Crippen LogP contribution >= 0.6 is 0 Å². The van der Waals surface area contributed by atoms with Gasteiger partial charge >= 0.3 is 0 Å². The molecular formula is C28H23FN4O4S. The molecule has 0 spiro atoms. The number of carbonyl (C=O) groups is 1. The number of para-hydroxylation sites is 1. The van der Waals surface area contributed by atoms with E-state index in [1.807, 2.05) is 6.07 Å². The van der Waals surface area contributed by atoms with Crippen molar-refractivity contribution < 1.29 is 22.7 Å². The molecule has 192 valence electrons. The summed E-state index contributed by atoms with van der Waals surface area (Å²) in [6, 6.07) is 20.2. The van der Waals surface area contributed by atoms with Crippen molar-refractivity contribution in [3.8, 4) is 6.07 Å². The molecule has 0 atom stereocenters. The number of carbonyl (C=O) groups excluding carboxylic acids is 1. The van der Waals surface area contributed by atoms with E-state index in [4.69, 9.17) is 0 Å². The number of hydrogen-bond donors (Lipinski definition) is 2. The van der Waals surface area contributed by atoms with Crippen molar-refractivity contribution in [2.45, 2.75) is 23.3 Å². The minimum atomic E-state index is -3.93. The monoisotopic (exact) mass is 530 g/mol. The molecule has 0 radical (unpaired) electrons. The van der Waals surface area contributed by atoms with E-state index in [0.29, 0.717) is 16.5 Å². The quantitative estimate of drug-likeness (QED) is 0.399. The molecule has 0 aliphatic carbocycles. The third-order valence-corrected chi connectivity index (χ3v) is 8.16. The van der Waals surface area contributed by atoms with E-state index < -0.39 is 21.4 Å². The van der Waals surface area contributed by atoms with Crippen molar-refractivity contribution in [2.75, 3.05) is 17.8 Å². The van der Waals surface area contributed by atoms with Gasteiger partial charge in [-0.2, -0.15) is 5.26 Å². The van der Waals surface area contributed by atoms with Crippen molar-refractivity contribution in [3.05, 3.63) is 102 Å². The van der Waals surface area contributed by atoms with E-state index in [0.717, 1.165) is 0 Å². The normalized spacial score (nSPS) is 15.1. The SMILES string of the molecule is N#Cc1ccc(F)cc1C1(O)CCN(C(=O)c2ccc(NS(=O)(=O)c3cccc4cccnc34)cc2)CC1. The fourth-order valence-corrected chi connectivity index (χ4v) is 5.95. The summed E-state index contributed by atoms with van der Waals surface area (Å²) in [5.74, 6) is -0.821. The molecule has 1 fully saturated rings. The van der Waals surface area contributed by atoms with Crippen LogP contribution in [0.4, 0.5) is 10.1 Å². The van der Waals surface area contributed by atoms with Gasteiger partial charge in [0, 0.05) is 41.5 Å². The first kappa shape index (κ1) is 25.3. The lowest BCUT2D eigenvalue weighted by molar-refractivity contribution is -0.0215. The molecule has 2 heterocycles. The Bertz CT molecular complexity index is 1670. The van der Waals surface area contributed by atoms with Crippen molar-refractivity contribution >= 4 is 32.5 Å². The maximum Gasteiger partial charge on any atom is 0.264 e. The number of nitriles is 1. The molecule has 3 aromatic carbocycles. The number of anilines is 1. The Morgan fingerprint density at radius 3 is 2.47 bits per heavy atom. The van der Waals surface area contributed by atoms with Crippen LogP contribution in [0.2, 0.25) is 0 Å². The zero-order valence-electron chi connectivity index (χ0n) is 20.1. The highest BCUT2D eigenvalue weighted by Gasteiger charge is 2.37. The number of aliphatic hydroxyl groups is 1. The van der Waals surface area contributed by atoms with Crippen molar-refractivity contribution in [1.29, 1.82) is 5.26 Å². The number of nitrogens with one attached hydrogen (secondary N) is 1. The van der Waals surface area contributed by atoms with Crippen LogP contribution in [0.15, 0.2) is 83.9 Å². The molecule has 1 aliphatic rings. The number of benzene rings is 3. The predicted molar refractivity (Wildman–Crippen MR) is 139 cm³/mol. The number of nitrogens with zero attached hydrogens (tertiary/aromatic N) is 3. The van der Waals surface area contributed by atoms with Gasteiger partial charge in [-0.25, -0.2) is 12.8 Å². The number of likely N-dealkylation sites (tertiary alicyclic amines) is 1. The molecule has 1 amide bonds. The first-order chi connectivity index (χ1) is 18.2. The fraction of sp³-hybridized carbons (Fsp3) is 0.179. The van der Waals surface area contributed by atoms with Gasteiger partial charge in [0.15, 0.2) is 0 Å². The van der Waals surface area contributed by atoms with E-state index in [2.05, 4.69) is 9.71 Å². The largest absolute Gasteiger partial charge is 0.385 e. The summed E-state index contributed by atoms with van der Waals surface area (Å²) in [6.07, 6.45) is 1.82. The summed E-state index contributed by atoms with van der Waals surface area (Å²) >= 11 is 0. The van der Waals surface area contributed by atoms with Crippen molar-refractivity contribution in [2.24, 2.45) is 0 Å². The number of hydrogen-bond acceptors (Lipinski definition) is 6. The number of pyridine rings is 1. The molecule has 8 nitrogen and oxygen atoms in total. The summed E-state index contributed by atoms with van der Waals surface area (Å²) in [5.41, 5.74) is 0.0182. The molecule has 1 saturated heterocycles. The second-order valence-electron chi connectivity index (χ2n) is 9.14. The standard InChI is InChI=1S/C28H23FN4O4S/c29-22-9-6-21(18-30)24(17-22)28(35)12-15-33(16-13-28)27(34)20-7-10-23(11-8-20)32-38(36,37)25-5-1-3-19-4-2-14-31-26(19)25/h1-11,14,17,32,35H,12-13,15-16H2. The van der Waals surface area contributed by atoms with Gasteiger partial charge in [0.2, 0.25) is 0 Å². The van der Waals surface area contributed by atoms with E-state index in [1.165, 1.54) is 54.7 Å². The highest BCUT2D eigenvalue weighted by molar-refractivity contribution is 7.93. The zero-order chi connectivity index (χ0) is 26.9. The van der Waals surface area contributed by atoms with Crippen LogP contribution in [0.1, 0.15) is 34.3 Å². The first-order valence-corrected chi connectivity index (χ1v) is 13.4. The number of rotatable bonds is 5. The van der Waals surface area contributed by atoms with E-state index in [-0.39, 0.29) is 53.5 Å². The van der Waals surface area contributed by atoms with Crippen LogP contribution in [0.25, 0.3) is 10.9 Å². The minimum Gasteiger partial charge on any atom is -0.385 e. The number of fused-ring (bicyclic) bond motifs is 1. The van der Waals surface area contributed by atoms with Crippen LogP contribution < -0.4 is 4.72 Å². The van der Waals surface area contributed by atoms with Gasteiger partial charge < -0.3 is 10.0 Å². The average molecular weight is 531 g/mol. The Balaban J connectivity index is 1.28. The van der Waals surface area contributed by atoms with Gasteiger partial charge in [-0.3, -0.25) is 14.5 Å². The highest BCUT2D eigenvalue weighted by atomic mass is 32.2. The summed E-state index contributed by atoms with van der Waals surface area (Å²) in [7, 11) is -3.93. The van der Waals surface area contributed by atoms with Crippen molar-refractivity contribution in [3.63, 3.8) is 0 Å². The molecule has 38 heavy (non-hydrogen) atoms. The summed E-state index contributed by atoms with van der Waals surface area (Å²) in [6.45, 7) is 0.415. The highest BCUT2D eigenvalue weighted by Crippen LogP contribution is 2.35. The van der Waals surface area contributed by atoms with Gasteiger partial charge in [0.25, 0.3) is 15.9 Å². The molecule has 10 heteroatoms. The Hall–Kier alpha value is -4.33. The second-order valence-corrected chi connectivity index (χ2v) is 10.8. The molecule has 1 aromatic heterocycles. The molecular weight excluding hydrogens is 507 g/mol. The molecule has 5 rings (SSSR count). The summed E-state index contributed by atoms with van der Waals surface area (Å²) in [4.78, 5) is 18.9. The first-order valence-electron chi connectivity index (χ1n) is 11.9. The zero-order valence-corrected chi connectivity index (χ0v) is 21.0. The Morgan fingerprint density at radius 1 is 1.05 bits per heavy atom. The van der Waals surface area contributed by atoms with Gasteiger partial charge in [-0.15, -0.1) is 0 Å². The lowest BCUT2D eigenvalue weighted by Gasteiger charge is -2.39. The lowest BCUT2D eigenvalue weighted by Crippen LogP contribution is -2.45. The molecule has 0 bridgehead atoms. The lowest BCUT2D eigenvalue weighted by atomic mass is 9.82. The molecule has 4 aromatic rings. The van der Waals surface area contributed by atoms with Crippen LogP contribution in [0, 0.1) is 17.1 Å². The van der Waals surface area contributed by atoms with Gasteiger partial charge in [0.05, 0.1) is 22.8 Å². The maximum absolute atomic E-state index is 13.8. The van der Waals surface area contributed by atoms with E-state index >= 15 is 0 Å². The number of aromatic nitrogens is 1. The molecule has 2 N–H and O–H groups in total. The van der Waals surface area contributed by atoms with E-state index in [1.54, 1.807) is 29.2 Å². The Kier molecular flexibility index (Phi) is 6.57. The van der Waals surface area contributed by atoms with Crippen LogP contribution in [-0.2, 0) is 15.6 Å². The maximum atomic E-state index is 13.8. The Morgan fingerprint density at radius 2 is 1.76 bits per heavy atom. The third-order valence-electron chi connectivity index (χ3n) is 6.75. The summed E-state index contributed by atoms with van der Waals surface area (Å²) in [5, 5.41) is 21.2. The van der Waals surface area contributed by atoms with Gasteiger partial charge in [-0.05, 0) is 67.4 Å². The fourth-order valence-electron chi connectivity index (χ4n) is 4.71. The van der Waals surface area contributed by atoms with Gasteiger partial charge in [0.1, 0.15) is 10.7 Å². The van der Waals surface area contributed by atoms with Crippen LogP contribution in [0.3, 0.4) is 0 Å². The van der Waals surface area contributed by atoms with Crippen LogP contribution in [-0.4, -0.2) is 42.4 Å². The minimum absolute atomic E-state index is 0.0504. The molecule has 1 aliphatic heterocycles. The number of halogens is 1. The third kappa shape index (κ3) is 4.81. The summed E-state index contributed by atoms with van der Waals surface area (Å²) < 4.78 is 42.4. The van der Waals surface area contributed by atoms with E-state index in [9.17, 15) is 28.0 Å². The number of amides is 1.